The largest absolute Gasteiger partial charge is 0.330 e. The lowest BCUT2D eigenvalue weighted by Crippen LogP contribution is -2.30. The Hall–Kier alpha value is -3.37. The van der Waals surface area contributed by atoms with E-state index in [2.05, 4.69) is 48.6 Å². The van der Waals surface area contributed by atoms with Crippen LogP contribution in [0.2, 0.25) is 0 Å². The van der Waals surface area contributed by atoms with Gasteiger partial charge in [-0.3, -0.25) is 9.88 Å². The Morgan fingerprint density at radius 1 is 1.11 bits per heavy atom. The molecule has 3 aromatic rings. The summed E-state index contributed by atoms with van der Waals surface area (Å²) in [7, 11) is 2.06. The first-order valence-electron chi connectivity index (χ1n) is 12.5. The Kier molecular flexibility index (Phi) is 6.48. The van der Waals surface area contributed by atoms with Crippen LogP contribution in [-0.4, -0.2) is 32.5 Å². The van der Waals surface area contributed by atoms with E-state index in [4.69, 9.17) is 15.2 Å². The highest BCUT2D eigenvalue weighted by Gasteiger charge is 2.37. The van der Waals surface area contributed by atoms with Crippen LogP contribution >= 0.6 is 0 Å². The fourth-order valence-corrected chi connectivity index (χ4v) is 5.42. The number of likely N-dealkylation sites (tertiary alicyclic amines) is 1. The van der Waals surface area contributed by atoms with E-state index in [1.54, 1.807) is 6.07 Å². The van der Waals surface area contributed by atoms with E-state index in [-0.39, 0.29) is 17.1 Å². The van der Waals surface area contributed by atoms with Crippen LogP contribution in [0.25, 0.3) is 11.0 Å². The summed E-state index contributed by atoms with van der Waals surface area (Å²) in [5.41, 5.74) is 5.53. The van der Waals surface area contributed by atoms with Crippen molar-refractivity contribution >= 4 is 11.0 Å². The van der Waals surface area contributed by atoms with Crippen LogP contribution in [0.5, 0.6) is 0 Å². The van der Waals surface area contributed by atoms with Crippen molar-refractivity contribution in [2.75, 3.05) is 13.1 Å². The van der Waals surface area contributed by atoms with Gasteiger partial charge < -0.3 is 4.57 Å². The SMILES string of the molecule is Cc1ccc2nc(CN3CCC(C)(c4ccc(F)c(CCC5=C(F)C=C(C#N)CC5)n4)C3)n(C)c2c1. The van der Waals surface area contributed by atoms with Gasteiger partial charge in [-0.05, 0) is 87.1 Å². The molecule has 1 aliphatic carbocycles. The third-order valence-electron chi connectivity index (χ3n) is 7.73. The molecule has 36 heavy (non-hydrogen) atoms. The highest BCUT2D eigenvalue weighted by Crippen LogP contribution is 2.35. The van der Waals surface area contributed by atoms with E-state index < -0.39 is 0 Å². The highest BCUT2D eigenvalue weighted by molar-refractivity contribution is 5.76. The average Bonchev–Trinajstić information content (AvgIpc) is 3.39. The van der Waals surface area contributed by atoms with Crippen LogP contribution in [0.3, 0.4) is 0 Å². The number of nitrogens with zero attached hydrogens (tertiary/aromatic N) is 5. The Morgan fingerprint density at radius 2 is 1.94 bits per heavy atom. The molecule has 1 aromatic carbocycles. The van der Waals surface area contributed by atoms with Crippen molar-refractivity contribution in [1.82, 2.24) is 19.4 Å². The van der Waals surface area contributed by atoms with Gasteiger partial charge in [0.15, 0.2) is 0 Å². The number of benzene rings is 1. The monoisotopic (exact) mass is 487 g/mol. The second-order valence-electron chi connectivity index (χ2n) is 10.5. The summed E-state index contributed by atoms with van der Waals surface area (Å²) in [5.74, 6) is 0.325. The molecule has 0 bridgehead atoms. The molecule has 1 saturated heterocycles. The number of pyridine rings is 1. The number of nitriles is 1. The molecule has 2 aromatic heterocycles. The number of rotatable bonds is 6. The second-order valence-corrected chi connectivity index (χ2v) is 10.5. The summed E-state index contributed by atoms with van der Waals surface area (Å²) in [6.45, 7) is 6.76. The van der Waals surface area contributed by atoms with Gasteiger partial charge in [-0.15, -0.1) is 0 Å². The van der Waals surface area contributed by atoms with Gasteiger partial charge in [0.1, 0.15) is 17.5 Å². The molecule has 0 saturated carbocycles. The lowest BCUT2D eigenvalue weighted by molar-refractivity contribution is 0.297. The fraction of sp³-hybridized carbons (Fsp3) is 0.414. The molecule has 0 amide bonds. The fourth-order valence-electron chi connectivity index (χ4n) is 5.42. The van der Waals surface area contributed by atoms with Crippen molar-refractivity contribution < 1.29 is 8.78 Å². The van der Waals surface area contributed by atoms with Gasteiger partial charge in [0.2, 0.25) is 0 Å². The molecule has 3 heterocycles. The molecular formula is C29H31F2N5. The Labute approximate surface area is 210 Å². The minimum absolute atomic E-state index is 0.191. The van der Waals surface area contributed by atoms with Crippen LogP contribution in [0, 0.1) is 24.1 Å². The molecule has 0 spiro atoms. The van der Waals surface area contributed by atoms with Gasteiger partial charge >= 0.3 is 0 Å². The quantitative estimate of drug-likeness (QED) is 0.429. The first kappa shape index (κ1) is 24.3. The maximum absolute atomic E-state index is 14.6. The number of allylic oxidation sites excluding steroid dienone is 4. The number of hydrogen-bond acceptors (Lipinski definition) is 4. The average molecular weight is 488 g/mol. The summed E-state index contributed by atoms with van der Waals surface area (Å²) in [6.07, 6.45) is 4.02. The standard InChI is InChI=1S/C29H31F2N5/c1-19-4-9-25-26(14-19)35(3)28(34-25)17-36-13-12-29(2,18-36)27-11-8-22(30)24(33-27)10-7-21-6-5-20(16-32)15-23(21)31/h4,8-9,11,14-15H,5-7,10,12-13,17-18H2,1-3H3. The Morgan fingerprint density at radius 3 is 2.72 bits per heavy atom. The number of aromatic nitrogens is 3. The number of aryl methyl sites for hydroxylation is 3. The lowest BCUT2D eigenvalue weighted by Gasteiger charge is -2.25. The van der Waals surface area contributed by atoms with Crippen molar-refractivity contribution in [3.8, 4) is 6.07 Å². The van der Waals surface area contributed by atoms with E-state index in [9.17, 15) is 8.78 Å². The van der Waals surface area contributed by atoms with Crippen LogP contribution in [0.15, 0.2) is 53.4 Å². The topological polar surface area (TPSA) is 57.7 Å². The first-order chi connectivity index (χ1) is 17.3. The predicted molar refractivity (Wildman–Crippen MR) is 136 cm³/mol. The van der Waals surface area contributed by atoms with Crippen molar-refractivity contribution in [1.29, 1.82) is 5.26 Å². The minimum atomic E-state index is -0.357. The minimum Gasteiger partial charge on any atom is -0.330 e. The normalized spacial score (nSPS) is 20.7. The lowest BCUT2D eigenvalue weighted by atomic mass is 9.85. The van der Waals surface area contributed by atoms with Crippen molar-refractivity contribution in [3.05, 3.63) is 82.0 Å². The van der Waals surface area contributed by atoms with E-state index in [1.165, 1.54) is 17.7 Å². The molecule has 5 rings (SSSR count). The zero-order valence-corrected chi connectivity index (χ0v) is 21.1. The highest BCUT2D eigenvalue weighted by atomic mass is 19.1. The predicted octanol–water partition coefficient (Wildman–Crippen LogP) is 5.98. The van der Waals surface area contributed by atoms with Crippen LogP contribution in [0.4, 0.5) is 8.78 Å². The number of hydrogen-bond donors (Lipinski definition) is 0. The Balaban J connectivity index is 1.29. The maximum Gasteiger partial charge on any atom is 0.144 e. The van der Waals surface area contributed by atoms with E-state index >= 15 is 0 Å². The van der Waals surface area contributed by atoms with Gasteiger partial charge in [0.25, 0.3) is 0 Å². The van der Waals surface area contributed by atoms with E-state index in [0.29, 0.717) is 42.5 Å². The number of halogens is 2. The summed E-state index contributed by atoms with van der Waals surface area (Å²) in [5, 5.41) is 8.98. The Bertz CT molecular complexity index is 1430. The molecular weight excluding hydrogens is 456 g/mol. The molecule has 186 valence electrons. The third-order valence-corrected chi connectivity index (χ3v) is 7.73. The van der Waals surface area contributed by atoms with Gasteiger partial charge in [0, 0.05) is 30.3 Å². The molecule has 0 radical (unpaired) electrons. The molecule has 1 unspecified atom stereocenters. The molecule has 1 atom stereocenters. The molecule has 2 aliphatic rings. The summed E-state index contributed by atoms with van der Waals surface area (Å²) in [6, 6.07) is 11.6. The third kappa shape index (κ3) is 4.70. The maximum atomic E-state index is 14.6. The van der Waals surface area contributed by atoms with Crippen molar-refractivity contribution in [2.24, 2.45) is 7.05 Å². The van der Waals surface area contributed by atoms with Crippen LogP contribution in [0.1, 0.15) is 55.4 Å². The smallest absolute Gasteiger partial charge is 0.144 e. The zero-order chi connectivity index (χ0) is 25.4. The van der Waals surface area contributed by atoms with Crippen LogP contribution < -0.4 is 0 Å². The van der Waals surface area contributed by atoms with E-state index in [1.807, 2.05) is 6.07 Å². The van der Waals surface area contributed by atoms with Crippen molar-refractivity contribution in [3.63, 3.8) is 0 Å². The number of fused-ring (bicyclic) bond motifs is 1. The summed E-state index contributed by atoms with van der Waals surface area (Å²) < 4.78 is 31.1. The molecule has 1 aliphatic heterocycles. The van der Waals surface area contributed by atoms with Gasteiger partial charge in [-0.1, -0.05) is 13.0 Å². The number of imidazole rings is 1. The molecule has 0 N–H and O–H groups in total. The molecule has 1 fully saturated rings. The second kappa shape index (κ2) is 9.59. The summed E-state index contributed by atoms with van der Waals surface area (Å²) >= 11 is 0. The van der Waals surface area contributed by atoms with E-state index in [0.717, 1.165) is 48.6 Å². The van der Waals surface area contributed by atoms with Crippen molar-refractivity contribution in [2.45, 2.75) is 57.9 Å². The summed E-state index contributed by atoms with van der Waals surface area (Å²) in [4.78, 5) is 12.0. The van der Waals surface area contributed by atoms with Crippen LogP contribution in [-0.2, 0) is 25.4 Å². The first-order valence-corrected chi connectivity index (χ1v) is 12.5. The molecule has 5 nitrogen and oxygen atoms in total. The van der Waals surface area contributed by atoms with Gasteiger partial charge in [-0.25, -0.2) is 13.8 Å². The van der Waals surface area contributed by atoms with Gasteiger partial charge in [0.05, 0.1) is 29.3 Å². The van der Waals surface area contributed by atoms with Gasteiger partial charge in [-0.2, -0.15) is 5.26 Å². The zero-order valence-electron chi connectivity index (χ0n) is 21.1. The molecule has 7 heteroatoms.